The molecule has 1 amide bonds. The molecule has 21 heavy (non-hydrogen) atoms. The summed E-state index contributed by atoms with van der Waals surface area (Å²) in [6, 6.07) is 10.3. The summed E-state index contributed by atoms with van der Waals surface area (Å²) in [5.74, 6) is -0.0191. The third kappa shape index (κ3) is 3.60. The van der Waals surface area contributed by atoms with E-state index < -0.39 is 0 Å². The molecule has 1 aromatic carbocycles. The van der Waals surface area contributed by atoms with Gasteiger partial charge in [-0.1, -0.05) is 31.0 Å². The van der Waals surface area contributed by atoms with Crippen molar-refractivity contribution in [3.8, 4) is 5.69 Å². The molecule has 4 nitrogen and oxygen atoms in total. The Morgan fingerprint density at radius 1 is 1.24 bits per heavy atom. The number of carbonyl (C=O) groups excluding carboxylic acids is 1. The first-order valence-electron chi connectivity index (χ1n) is 7.40. The Hall–Kier alpha value is -2.36. The molecule has 1 aliphatic carbocycles. The second-order valence-electron chi connectivity index (χ2n) is 5.38. The molecule has 0 atom stereocenters. The molecule has 1 fully saturated rings. The second-order valence-corrected chi connectivity index (χ2v) is 5.38. The largest absolute Gasteiger partial charge is 0.350 e. The van der Waals surface area contributed by atoms with Crippen molar-refractivity contribution in [2.45, 2.75) is 31.7 Å². The van der Waals surface area contributed by atoms with Gasteiger partial charge in [-0.2, -0.15) is 5.10 Å². The van der Waals surface area contributed by atoms with E-state index in [0.717, 1.165) is 24.1 Å². The van der Waals surface area contributed by atoms with Crippen LogP contribution in [0.5, 0.6) is 0 Å². The summed E-state index contributed by atoms with van der Waals surface area (Å²) in [6.45, 7) is 0. The van der Waals surface area contributed by atoms with E-state index in [9.17, 15) is 4.79 Å². The number of nitrogens with zero attached hydrogens (tertiary/aromatic N) is 2. The first kappa shape index (κ1) is 13.6. The molecule has 0 saturated heterocycles. The Morgan fingerprint density at radius 2 is 2.00 bits per heavy atom. The summed E-state index contributed by atoms with van der Waals surface area (Å²) < 4.78 is 1.80. The number of aromatic nitrogens is 2. The number of rotatable bonds is 4. The van der Waals surface area contributed by atoms with Crippen molar-refractivity contribution in [2.24, 2.45) is 0 Å². The van der Waals surface area contributed by atoms with Gasteiger partial charge in [-0.15, -0.1) is 0 Å². The molecule has 1 heterocycles. The molecule has 0 radical (unpaired) electrons. The summed E-state index contributed by atoms with van der Waals surface area (Å²) in [6.07, 6.45) is 11.7. The van der Waals surface area contributed by atoms with Crippen LogP contribution in [0.2, 0.25) is 0 Å². The van der Waals surface area contributed by atoms with Crippen LogP contribution in [-0.2, 0) is 4.79 Å². The number of nitrogens with one attached hydrogen (secondary N) is 1. The van der Waals surface area contributed by atoms with Gasteiger partial charge in [0, 0.05) is 23.9 Å². The lowest BCUT2D eigenvalue weighted by molar-refractivity contribution is -0.117. The van der Waals surface area contributed by atoms with Crippen LogP contribution in [0.3, 0.4) is 0 Å². The fourth-order valence-electron chi connectivity index (χ4n) is 2.64. The van der Waals surface area contributed by atoms with Gasteiger partial charge >= 0.3 is 0 Å². The van der Waals surface area contributed by atoms with E-state index in [2.05, 4.69) is 10.4 Å². The van der Waals surface area contributed by atoms with Gasteiger partial charge in [0.05, 0.1) is 11.9 Å². The van der Waals surface area contributed by atoms with E-state index in [0.29, 0.717) is 6.04 Å². The Kier molecular flexibility index (Phi) is 4.15. The van der Waals surface area contributed by atoms with Crippen LogP contribution >= 0.6 is 0 Å². The first-order chi connectivity index (χ1) is 10.3. The van der Waals surface area contributed by atoms with Gasteiger partial charge < -0.3 is 5.32 Å². The molecule has 108 valence electrons. The number of benzene rings is 1. The van der Waals surface area contributed by atoms with E-state index in [1.54, 1.807) is 23.0 Å². The molecular formula is C17H19N3O. The van der Waals surface area contributed by atoms with E-state index in [-0.39, 0.29) is 5.91 Å². The van der Waals surface area contributed by atoms with Crippen molar-refractivity contribution in [2.75, 3.05) is 0 Å². The fraction of sp³-hybridized carbons (Fsp3) is 0.294. The first-order valence-corrected chi connectivity index (χ1v) is 7.40. The molecule has 3 rings (SSSR count). The standard InChI is InChI=1S/C17H19N3O/c21-17(19-15-6-4-5-7-15)11-10-14-12-18-20(13-14)16-8-2-1-3-9-16/h1-3,8-13,15H,4-7H2,(H,19,21)/b11-10+. The fourth-order valence-corrected chi connectivity index (χ4v) is 2.64. The number of carbonyl (C=O) groups is 1. The summed E-state index contributed by atoms with van der Waals surface area (Å²) in [7, 11) is 0. The van der Waals surface area contributed by atoms with E-state index in [1.807, 2.05) is 36.5 Å². The van der Waals surface area contributed by atoms with Crippen molar-refractivity contribution in [3.63, 3.8) is 0 Å². The predicted octanol–water partition coefficient (Wildman–Crippen LogP) is 2.94. The molecule has 0 aliphatic heterocycles. The molecule has 0 bridgehead atoms. The number of para-hydroxylation sites is 1. The van der Waals surface area contributed by atoms with Gasteiger partial charge in [0.15, 0.2) is 0 Å². The van der Waals surface area contributed by atoms with E-state index in [4.69, 9.17) is 0 Å². The Balaban J connectivity index is 1.61. The van der Waals surface area contributed by atoms with Crippen LogP contribution in [-0.4, -0.2) is 21.7 Å². The summed E-state index contributed by atoms with van der Waals surface area (Å²) in [5, 5.41) is 7.34. The highest BCUT2D eigenvalue weighted by Gasteiger charge is 2.15. The van der Waals surface area contributed by atoms with Crippen LogP contribution in [0.15, 0.2) is 48.8 Å². The third-order valence-electron chi connectivity index (χ3n) is 3.75. The van der Waals surface area contributed by atoms with Crippen LogP contribution in [0.25, 0.3) is 11.8 Å². The summed E-state index contributed by atoms with van der Waals surface area (Å²) >= 11 is 0. The Labute approximate surface area is 124 Å². The maximum absolute atomic E-state index is 11.8. The van der Waals surface area contributed by atoms with Gasteiger partial charge in [-0.05, 0) is 31.1 Å². The van der Waals surface area contributed by atoms with Crippen molar-refractivity contribution in [3.05, 3.63) is 54.4 Å². The predicted molar refractivity (Wildman–Crippen MR) is 83.0 cm³/mol. The highest BCUT2D eigenvalue weighted by atomic mass is 16.1. The van der Waals surface area contributed by atoms with Crippen LogP contribution < -0.4 is 5.32 Å². The molecule has 1 N–H and O–H groups in total. The molecule has 1 aliphatic rings. The minimum absolute atomic E-state index is 0.0191. The molecule has 2 aromatic rings. The van der Waals surface area contributed by atoms with Crippen LogP contribution in [0, 0.1) is 0 Å². The van der Waals surface area contributed by atoms with Crippen molar-refractivity contribution >= 4 is 12.0 Å². The van der Waals surface area contributed by atoms with Gasteiger partial charge in [-0.25, -0.2) is 4.68 Å². The maximum atomic E-state index is 11.8. The zero-order chi connectivity index (χ0) is 14.5. The van der Waals surface area contributed by atoms with Crippen LogP contribution in [0.4, 0.5) is 0 Å². The minimum atomic E-state index is -0.0191. The Bertz CT molecular complexity index is 624. The summed E-state index contributed by atoms with van der Waals surface area (Å²) in [4.78, 5) is 11.8. The smallest absolute Gasteiger partial charge is 0.244 e. The lowest BCUT2D eigenvalue weighted by atomic mass is 10.2. The van der Waals surface area contributed by atoms with Crippen molar-refractivity contribution in [1.29, 1.82) is 0 Å². The molecular weight excluding hydrogens is 262 g/mol. The van der Waals surface area contributed by atoms with Crippen molar-refractivity contribution < 1.29 is 4.79 Å². The molecule has 0 unspecified atom stereocenters. The summed E-state index contributed by atoms with van der Waals surface area (Å²) in [5.41, 5.74) is 1.92. The molecule has 0 spiro atoms. The van der Waals surface area contributed by atoms with Gasteiger partial charge in [-0.3, -0.25) is 4.79 Å². The minimum Gasteiger partial charge on any atom is -0.350 e. The topological polar surface area (TPSA) is 46.9 Å². The lowest BCUT2D eigenvalue weighted by Crippen LogP contribution is -2.30. The van der Waals surface area contributed by atoms with E-state index in [1.165, 1.54) is 12.8 Å². The van der Waals surface area contributed by atoms with Gasteiger partial charge in [0.2, 0.25) is 5.91 Å². The van der Waals surface area contributed by atoms with Gasteiger partial charge in [0.25, 0.3) is 0 Å². The van der Waals surface area contributed by atoms with Crippen molar-refractivity contribution in [1.82, 2.24) is 15.1 Å². The number of amides is 1. The molecule has 1 aromatic heterocycles. The normalized spacial score (nSPS) is 15.6. The second kappa shape index (κ2) is 6.39. The quantitative estimate of drug-likeness (QED) is 0.876. The highest BCUT2D eigenvalue weighted by Crippen LogP contribution is 2.17. The monoisotopic (exact) mass is 281 g/mol. The average Bonchev–Trinajstić information content (AvgIpc) is 3.17. The number of hydrogen-bond acceptors (Lipinski definition) is 2. The zero-order valence-corrected chi connectivity index (χ0v) is 11.9. The maximum Gasteiger partial charge on any atom is 0.244 e. The molecule has 1 saturated carbocycles. The van der Waals surface area contributed by atoms with Gasteiger partial charge in [0.1, 0.15) is 0 Å². The Morgan fingerprint density at radius 3 is 2.76 bits per heavy atom. The number of hydrogen-bond donors (Lipinski definition) is 1. The highest BCUT2D eigenvalue weighted by molar-refractivity contribution is 5.91. The zero-order valence-electron chi connectivity index (χ0n) is 11.9. The lowest BCUT2D eigenvalue weighted by Gasteiger charge is -2.08. The third-order valence-corrected chi connectivity index (χ3v) is 3.75. The SMILES string of the molecule is O=C(/C=C/c1cnn(-c2ccccc2)c1)NC1CCCC1. The molecule has 4 heteroatoms. The average molecular weight is 281 g/mol. The van der Waals surface area contributed by atoms with Crippen LogP contribution in [0.1, 0.15) is 31.2 Å². The van der Waals surface area contributed by atoms with E-state index >= 15 is 0 Å².